The normalized spacial score (nSPS) is 19.8. The van der Waals surface area contributed by atoms with Gasteiger partial charge in [-0.2, -0.15) is 4.98 Å². The minimum Gasteiger partial charge on any atom is -0.366 e. The van der Waals surface area contributed by atoms with Gasteiger partial charge in [0, 0.05) is 25.3 Å². The molecule has 2 rings (SSSR count). The van der Waals surface area contributed by atoms with Gasteiger partial charge in [-0.3, -0.25) is 4.21 Å². The smallest absolute Gasteiger partial charge is 0.224 e. The highest BCUT2D eigenvalue weighted by Gasteiger charge is 2.26. The van der Waals surface area contributed by atoms with E-state index in [1.807, 2.05) is 0 Å². The molecular formula is C11H18N4OS. The molecule has 2 N–H and O–H groups in total. The summed E-state index contributed by atoms with van der Waals surface area (Å²) in [6.45, 7) is 4.19. The van der Waals surface area contributed by atoms with Gasteiger partial charge in [-0.1, -0.05) is 6.92 Å². The summed E-state index contributed by atoms with van der Waals surface area (Å²) < 4.78 is 11.9. The van der Waals surface area contributed by atoms with Gasteiger partial charge in [0.2, 0.25) is 5.95 Å². The van der Waals surface area contributed by atoms with Crippen LogP contribution >= 0.6 is 0 Å². The number of hydrogen-bond acceptors (Lipinski definition) is 5. The van der Waals surface area contributed by atoms with Crippen molar-refractivity contribution in [1.82, 2.24) is 9.97 Å². The van der Waals surface area contributed by atoms with Crippen LogP contribution < -0.4 is 10.6 Å². The van der Waals surface area contributed by atoms with Crippen LogP contribution in [0.4, 0.5) is 11.8 Å². The third-order valence-corrected chi connectivity index (χ3v) is 4.37. The molecule has 1 aliphatic rings. The second-order valence-electron chi connectivity index (χ2n) is 4.17. The molecule has 0 aromatic carbocycles. The fourth-order valence-corrected chi connectivity index (χ4v) is 3.06. The van der Waals surface area contributed by atoms with E-state index in [9.17, 15) is 4.21 Å². The molecule has 0 spiro atoms. The van der Waals surface area contributed by atoms with Gasteiger partial charge in [-0.25, -0.2) is 4.98 Å². The Bertz CT molecular complexity index is 449. The summed E-state index contributed by atoms with van der Waals surface area (Å²) in [6.07, 6.45) is 1.77. The number of rotatable bonds is 4. The van der Waals surface area contributed by atoms with Crippen LogP contribution in [0.5, 0.6) is 0 Å². The third-order valence-electron chi connectivity index (χ3n) is 2.91. The zero-order valence-electron chi connectivity index (χ0n) is 10.4. The Kier molecular flexibility index (Phi) is 3.61. The van der Waals surface area contributed by atoms with Gasteiger partial charge in [0.1, 0.15) is 10.7 Å². The van der Waals surface area contributed by atoms with Gasteiger partial charge in [0.25, 0.3) is 0 Å². The Hall–Kier alpha value is -1.17. The lowest BCUT2D eigenvalue weighted by atomic mass is 10.2. The molecular weight excluding hydrogens is 236 g/mol. The van der Waals surface area contributed by atoms with Gasteiger partial charge in [-0.05, 0) is 13.3 Å². The number of aryl methyl sites for hydroxylation is 1. The highest BCUT2D eigenvalue weighted by molar-refractivity contribution is 7.85. The maximum Gasteiger partial charge on any atom is 0.224 e. The second-order valence-corrected chi connectivity index (χ2v) is 5.68. The molecule has 94 valence electrons. The topological polar surface area (TPSA) is 66.9 Å². The molecule has 2 unspecified atom stereocenters. The van der Waals surface area contributed by atoms with E-state index in [2.05, 4.69) is 34.4 Å². The molecule has 1 aliphatic heterocycles. The summed E-state index contributed by atoms with van der Waals surface area (Å²) in [6, 6.07) is 0.316. The van der Waals surface area contributed by atoms with E-state index >= 15 is 0 Å². The number of nitrogens with one attached hydrogen (secondary N) is 2. The van der Waals surface area contributed by atoms with Crippen molar-refractivity contribution in [3.05, 3.63) is 5.69 Å². The van der Waals surface area contributed by atoms with Gasteiger partial charge in [0.15, 0.2) is 0 Å². The van der Waals surface area contributed by atoms with Crippen LogP contribution in [-0.4, -0.2) is 33.0 Å². The molecule has 1 aromatic heterocycles. The van der Waals surface area contributed by atoms with Crippen LogP contribution in [0.2, 0.25) is 0 Å². The summed E-state index contributed by atoms with van der Waals surface area (Å²) >= 11 is 0. The summed E-state index contributed by atoms with van der Waals surface area (Å²) in [5.74, 6) is 1.98. The van der Waals surface area contributed by atoms with E-state index in [0.717, 1.165) is 29.2 Å². The fourth-order valence-electron chi connectivity index (χ4n) is 1.74. The summed E-state index contributed by atoms with van der Waals surface area (Å²) in [5.41, 5.74) is 0.911. The fraction of sp³-hybridized carbons (Fsp3) is 0.636. The van der Waals surface area contributed by atoms with Gasteiger partial charge < -0.3 is 10.6 Å². The van der Waals surface area contributed by atoms with Crippen molar-refractivity contribution in [2.75, 3.05) is 23.4 Å². The molecule has 5 nitrogen and oxygen atoms in total. The van der Waals surface area contributed by atoms with Gasteiger partial charge in [-0.15, -0.1) is 0 Å². The molecule has 1 aromatic rings. The van der Waals surface area contributed by atoms with E-state index < -0.39 is 10.8 Å². The van der Waals surface area contributed by atoms with Crippen molar-refractivity contribution >= 4 is 22.6 Å². The van der Waals surface area contributed by atoms with E-state index in [0.29, 0.717) is 17.7 Å². The molecule has 0 fully saturated rings. The van der Waals surface area contributed by atoms with Crippen molar-refractivity contribution in [2.45, 2.75) is 37.6 Å². The molecule has 0 amide bonds. The first-order valence-corrected chi connectivity index (χ1v) is 7.21. The average molecular weight is 254 g/mol. The first kappa shape index (κ1) is 12.3. The highest BCUT2D eigenvalue weighted by atomic mass is 32.2. The Morgan fingerprint density at radius 2 is 2.24 bits per heavy atom. The maximum absolute atomic E-state index is 11.9. The molecule has 0 saturated carbocycles. The molecule has 2 atom stereocenters. The van der Waals surface area contributed by atoms with E-state index in [4.69, 9.17) is 0 Å². The Morgan fingerprint density at radius 3 is 2.88 bits per heavy atom. The SMILES string of the molecule is CCC(C)Nc1nc(NC)nc2c1S(=O)CC2. The van der Waals surface area contributed by atoms with Crippen LogP contribution in [-0.2, 0) is 17.2 Å². The zero-order chi connectivity index (χ0) is 12.4. The highest BCUT2D eigenvalue weighted by Crippen LogP contribution is 2.29. The maximum atomic E-state index is 11.9. The first-order valence-electron chi connectivity index (χ1n) is 5.89. The van der Waals surface area contributed by atoms with Crippen molar-refractivity contribution in [3.8, 4) is 0 Å². The second kappa shape index (κ2) is 5.00. The Balaban J connectivity index is 2.41. The lowest BCUT2D eigenvalue weighted by Crippen LogP contribution is -2.17. The summed E-state index contributed by atoms with van der Waals surface area (Å²) in [7, 11) is 0.839. The average Bonchev–Trinajstić information content (AvgIpc) is 2.71. The van der Waals surface area contributed by atoms with E-state index in [-0.39, 0.29) is 0 Å². The molecule has 6 heteroatoms. The largest absolute Gasteiger partial charge is 0.366 e. The summed E-state index contributed by atoms with van der Waals surface area (Å²) in [5, 5.41) is 6.25. The lowest BCUT2D eigenvalue weighted by molar-refractivity contribution is 0.685. The van der Waals surface area contributed by atoms with Crippen LogP contribution in [0.15, 0.2) is 4.90 Å². The number of nitrogens with zero attached hydrogens (tertiary/aromatic N) is 2. The van der Waals surface area contributed by atoms with E-state index in [1.165, 1.54) is 0 Å². The minimum absolute atomic E-state index is 0.316. The first-order chi connectivity index (χ1) is 8.15. The van der Waals surface area contributed by atoms with E-state index in [1.54, 1.807) is 7.05 Å². The number of anilines is 2. The Morgan fingerprint density at radius 1 is 1.47 bits per heavy atom. The predicted octanol–water partition coefficient (Wildman–Crippen LogP) is 1.39. The lowest BCUT2D eigenvalue weighted by Gasteiger charge is -2.15. The summed E-state index contributed by atoms with van der Waals surface area (Å²) in [4.78, 5) is 9.53. The molecule has 17 heavy (non-hydrogen) atoms. The van der Waals surface area contributed by atoms with Gasteiger partial charge >= 0.3 is 0 Å². The van der Waals surface area contributed by atoms with Crippen molar-refractivity contribution in [2.24, 2.45) is 0 Å². The van der Waals surface area contributed by atoms with Crippen LogP contribution in [0, 0.1) is 0 Å². The van der Waals surface area contributed by atoms with Crippen LogP contribution in [0.1, 0.15) is 26.0 Å². The molecule has 0 saturated heterocycles. The minimum atomic E-state index is -0.953. The van der Waals surface area contributed by atoms with Crippen LogP contribution in [0.25, 0.3) is 0 Å². The Labute approximate surface area is 104 Å². The van der Waals surface area contributed by atoms with Crippen molar-refractivity contribution in [1.29, 1.82) is 0 Å². The number of fused-ring (bicyclic) bond motifs is 1. The zero-order valence-corrected chi connectivity index (χ0v) is 11.2. The molecule has 2 heterocycles. The number of aromatic nitrogens is 2. The molecule has 0 aliphatic carbocycles. The van der Waals surface area contributed by atoms with Gasteiger partial charge in [0.05, 0.1) is 16.5 Å². The van der Waals surface area contributed by atoms with Crippen LogP contribution in [0.3, 0.4) is 0 Å². The number of hydrogen-bond donors (Lipinski definition) is 2. The monoisotopic (exact) mass is 254 g/mol. The molecule has 0 bridgehead atoms. The van der Waals surface area contributed by atoms with Crippen molar-refractivity contribution < 1.29 is 4.21 Å². The quantitative estimate of drug-likeness (QED) is 0.850. The standard InChI is InChI=1S/C11H18N4OS/c1-4-7(2)13-10-9-8(5-6-17(9)16)14-11(12-3)15-10/h7H,4-6H2,1-3H3,(H2,12,13,14,15). The van der Waals surface area contributed by atoms with Crippen molar-refractivity contribution in [3.63, 3.8) is 0 Å². The predicted molar refractivity (Wildman–Crippen MR) is 69.9 cm³/mol. The molecule has 0 radical (unpaired) electrons. The third kappa shape index (κ3) is 2.41.